The monoisotopic (exact) mass is 520 g/mol. The van der Waals surface area contributed by atoms with Crippen LogP contribution in [0.3, 0.4) is 0 Å². The molecular formula is C21H34ClIN4O. The maximum Gasteiger partial charge on any atom is 0.191 e. The quantitative estimate of drug-likeness (QED) is 0.221. The Morgan fingerprint density at radius 1 is 1.25 bits per heavy atom. The van der Waals surface area contributed by atoms with Gasteiger partial charge in [0.2, 0.25) is 0 Å². The van der Waals surface area contributed by atoms with Crippen molar-refractivity contribution in [3.63, 3.8) is 0 Å². The maximum absolute atomic E-state index is 6.48. The summed E-state index contributed by atoms with van der Waals surface area (Å²) in [7, 11) is 1.81. The van der Waals surface area contributed by atoms with E-state index in [2.05, 4.69) is 46.5 Å². The molecule has 1 aromatic carbocycles. The Balaban J connectivity index is 0.00000392. The number of hydrogen-bond acceptors (Lipinski definition) is 3. The minimum absolute atomic E-state index is 0. The summed E-state index contributed by atoms with van der Waals surface area (Å²) in [6.45, 7) is 9.50. The molecule has 0 saturated heterocycles. The van der Waals surface area contributed by atoms with E-state index >= 15 is 0 Å². The molecule has 0 bridgehead atoms. The van der Waals surface area contributed by atoms with Crippen LogP contribution in [0.25, 0.3) is 0 Å². The Kier molecular flexibility index (Phi) is 12.8. The second-order valence-corrected chi connectivity index (χ2v) is 6.98. The molecule has 0 radical (unpaired) electrons. The second-order valence-electron chi connectivity index (χ2n) is 6.58. The molecule has 0 amide bonds. The van der Waals surface area contributed by atoms with Crippen molar-refractivity contribution in [2.24, 2.45) is 4.99 Å². The first-order chi connectivity index (χ1) is 13.2. The van der Waals surface area contributed by atoms with Gasteiger partial charge >= 0.3 is 0 Å². The van der Waals surface area contributed by atoms with Crippen LogP contribution in [0.5, 0.6) is 0 Å². The molecule has 1 atom stereocenters. The molecule has 1 heterocycles. The van der Waals surface area contributed by atoms with E-state index in [-0.39, 0.29) is 30.0 Å². The lowest BCUT2D eigenvalue weighted by atomic mass is 10.0. The van der Waals surface area contributed by atoms with Crippen molar-refractivity contribution < 1.29 is 4.74 Å². The highest BCUT2D eigenvalue weighted by Gasteiger charge is 2.20. The van der Waals surface area contributed by atoms with Crippen LogP contribution < -0.4 is 10.6 Å². The molecule has 1 aliphatic heterocycles. The van der Waals surface area contributed by atoms with Crippen molar-refractivity contribution in [3.05, 3.63) is 46.5 Å². The van der Waals surface area contributed by atoms with Gasteiger partial charge in [-0.1, -0.05) is 55.3 Å². The number of rotatable bonds is 9. The number of nitrogens with one attached hydrogen (secondary N) is 2. The van der Waals surface area contributed by atoms with E-state index in [0.29, 0.717) is 0 Å². The highest BCUT2D eigenvalue weighted by atomic mass is 127. The van der Waals surface area contributed by atoms with Gasteiger partial charge < -0.3 is 15.4 Å². The highest BCUT2D eigenvalue weighted by Crippen LogP contribution is 2.26. The number of nitrogens with zero attached hydrogens (tertiary/aromatic N) is 2. The third-order valence-corrected chi connectivity index (χ3v) is 5.34. The van der Waals surface area contributed by atoms with Crippen LogP contribution in [0, 0.1) is 0 Å². The van der Waals surface area contributed by atoms with Gasteiger partial charge in [-0.05, 0) is 37.6 Å². The largest absolute Gasteiger partial charge is 0.377 e. The van der Waals surface area contributed by atoms with Crippen LogP contribution in [0.15, 0.2) is 40.9 Å². The molecule has 7 heteroatoms. The third-order valence-electron chi connectivity index (χ3n) is 5.00. The van der Waals surface area contributed by atoms with Gasteiger partial charge in [0.15, 0.2) is 5.96 Å². The average molecular weight is 521 g/mol. The number of halogens is 2. The molecular weight excluding hydrogens is 487 g/mol. The molecule has 28 heavy (non-hydrogen) atoms. The van der Waals surface area contributed by atoms with Gasteiger partial charge in [0.25, 0.3) is 0 Å². The van der Waals surface area contributed by atoms with Crippen molar-refractivity contribution in [1.29, 1.82) is 0 Å². The molecule has 0 spiro atoms. The molecule has 0 saturated carbocycles. The van der Waals surface area contributed by atoms with Crippen LogP contribution in [-0.4, -0.2) is 57.3 Å². The van der Waals surface area contributed by atoms with Crippen LogP contribution in [0.2, 0.25) is 5.02 Å². The zero-order chi connectivity index (χ0) is 19.5. The van der Waals surface area contributed by atoms with Crippen molar-refractivity contribution in [2.75, 3.05) is 46.4 Å². The fourth-order valence-corrected chi connectivity index (χ4v) is 3.66. The summed E-state index contributed by atoms with van der Waals surface area (Å²) in [5, 5.41) is 7.71. The summed E-state index contributed by atoms with van der Waals surface area (Å²) in [4.78, 5) is 6.78. The minimum atomic E-state index is 0. The maximum atomic E-state index is 6.48. The van der Waals surface area contributed by atoms with Crippen molar-refractivity contribution in [2.45, 2.75) is 32.7 Å². The normalized spacial score (nSPS) is 15.6. The molecule has 1 unspecified atom stereocenters. The molecule has 0 aliphatic carbocycles. The van der Waals surface area contributed by atoms with Gasteiger partial charge in [-0.15, -0.1) is 24.0 Å². The van der Waals surface area contributed by atoms with Crippen molar-refractivity contribution >= 4 is 41.5 Å². The number of benzene rings is 1. The second kappa shape index (κ2) is 14.2. The van der Waals surface area contributed by atoms with Crippen molar-refractivity contribution in [3.8, 4) is 0 Å². The highest BCUT2D eigenvalue weighted by molar-refractivity contribution is 14.0. The minimum Gasteiger partial charge on any atom is -0.377 e. The lowest BCUT2D eigenvalue weighted by Gasteiger charge is -2.31. The van der Waals surface area contributed by atoms with E-state index in [1.165, 1.54) is 5.57 Å². The summed E-state index contributed by atoms with van der Waals surface area (Å²) >= 11 is 6.48. The Bertz CT molecular complexity index is 635. The van der Waals surface area contributed by atoms with Gasteiger partial charge in [-0.25, -0.2) is 0 Å². The van der Waals surface area contributed by atoms with Crippen LogP contribution in [-0.2, 0) is 4.74 Å². The molecule has 1 aromatic rings. The zero-order valence-corrected chi connectivity index (χ0v) is 20.3. The Labute approximate surface area is 192 Å². The van der Waals surface area contributed by atoms with Gasteiger partial charge in [0.1, 0.15) is 0 Å². The standard InChI is InChI=1S/C21H33ClN4O.HI/c1-4-26(5-2)20(18-8-6-7-9-19(18)22)16-25-21(23-3)24-13-10-17-11-14-27-15-12-17;/h6-9,11,20H,4-5,10,12-16H2,1-3H3,(H2,23,24,25);1H. The summed E-state index contributed by atoms with van der Waals surface area (Å²) < 4.78 is 5.36. The Hall–Kier alpha value is -0.830. The fourth-order valence-electron chi connectivity index (χ4n) is 3.39. The number of hydrogen-bond donors (Lipinski definition) is 2. The van der Waals surface area contributed by atoms with Gasteiger partial charge in [-0.2, -0.15) is 0 Å². The molecule has 2 rings (SSSR count). The number of aliphatic imine (C=N–C) groups is 1. The summed E-state index contributed by atoms with van der Waals surface area (Å²) in [6.07, 6.45) is 4.24. The van der Waals surface area contributed by atoms with E-state index in [1.54, 1.807) is 0 Å². The fraction of sp³-hybridized carbons (Fsp3) is 0.571. The van der Waals surface area contributed by atoms with E-state index in [0.717, 1.165) is 68.8 Å². The summed E-state index contributed by atoms with van der Waals surface area (Å²) in [5.41, 5.74) is 2.61. The number of ether oxygens (including phenoxy) is 1. The topological polar surface area (TPSA) is 48.9 Å². The smallest absolute Gasteiger partial charge is 0.191 e. The van der Waals surface area contributed by atoms with E-state index in [1.807, 2.05) is 25.2 Å². The molecule has 1 aliphatic rings. The number of guanidine groups is 1. The Morgan fingerprint density at radius 3 is 2.61 bits per heavy atom. The molecule has 0 aromatic heterocycles. The van der Waals surface area contributed by atoms with Gasteiger partial charge in [-0.3, -0.25) is 9.89 Å². The van der Waals surface area contributed by atoms with Gasteiger partial charge in [0, 0.05) is 25.2 Å². The summed E-state index contributed by atoms with van der Waals surface area (Å²) in [6, 6.07) is 8.30. The SMILES string of the molecule is CCN(CC)C(CNC(=NC)NCCC1=CCOCC1)c1ccccc1Cl.I. The molecule has 2 N–H and O–H groups in total. The third kappa shape index (κ3) is 7.89. The molecule has 158 valence electrons. The van der Waals surface area contributed by atoms with Crippen LogP contribution >= 0.6 is 35.6 Å². The van der Waals surface area contributed by atoms with Crippen LogP contribution in [0.4, 0.5) is 0 Å². The van der Waals surface area contributed by atoms with Gasteiger partial charge in [0.05, 0.1) is 19.3 Å². The lowest BCUT2D eigenvalue weighted by Crippen LogP contribution is -2.43. The first-order valence-corrected chi connectivity index (χ1v) is 10.3. The van der Waals surface area contributed by atoms with Crippen LogP contribution in [0.1, 0.15) is 38.3 Å². The Morgan fingerprint density at radius 2 is 2.00 bits per heavy atom. The van der Waals surface area contributed by atoms with E-state index in [4.69, 9.17) is 16.3 Å². The first kappa shape index (κ1) is 25.2. The molecule has 0 fully saturated rings. The van der Waals surface area contributed by atoms with Crippen molar-refractivity contribution in [1.82, 2.24) is 15.5 Å². The molecule has 5 nitrogen and oxygen atoms in total. The summed E-state index contributed by atoms with van der Waals surface area (Å²) in [5.74, 6) is 0.826. The average Bonchev–Trinajstić information content (AvgIpc) is 2.71. The number of likely N-dealkylation sites (N-methyl/N-ethyl adjacent to an activating group) is 1. The predicted octanol–water partition coefficient (Wildman–Crippen LogP) is 4.24. The van der Waals surface area contributed by atoms with E-state index in [9.17, 15) is 0 Å². The zero-order valence-electron chi connectivity index (χ0n) is 17.2. The lowest BCUT2D eigenvalue weighted by molar-refractivity contribution is 0.153. The van der Waals surface area contributed by atoms with E-state index < -0.39 is 0 Å². The first-order valence-electron chi connectivity index (χ1n) is 9.88. The predicted molar refractivity (Wildman–Crippen MR) is 130 cm³/mol.